The molecule has 0 spiro atoms. The molecule has 3 rings (SSSR count). The monoisotopic (exact) mass is 436 g/mol. The number of benzene rings is 1. The van der Waals surface area contributed by atoms with Crippen LogP contribution >= 0.6 is 0 Å². The molecule has 0 aliphatic heterocycles. The second-order valence-electron chi connectivity index (χ2n) is 7.20. The quantitative estimate of drug-likeness (QED) is 0.468. The minimum absolute atomic E-state index is 0.228. The lowest BCUT2D eigenvalue weighted by Gasteiger charge is -2.10. The number of pyridine rings is 1. The van der Waals surface area contributed by atoms with E-state index in [0.717, 1.165) is 28.6 Å². The molecule has 0 bridgehead atoms. The summed E-state index contributed by atoms with van der Waals surface area (Å²) < 4.78 is 6.69. The number of rotatable bonds is 6. The first-order valence-corrected chi connectivity index (χ1v) is 10.1. The molecule has 0 saturated carbocycles. The van der Waals surface area contributed by atoms with Crippen molar-refractivity contribution in [1.29, 1.82) is 0 Å². The number of ether oxygens (including phenoxy) is 1. The fourth-order valence-electron chi connectivity index (χ4n) is 3.12. The smallest absolute Gasteiger partial charge is 0.356 e. The summed E-state index contributed by atoms with van der Waals surface area (Å²) in [6.45, 7) is 5.42. The van der Waals surface area contributed by atoms with E-state index < -0.39 is 12.1 Å². The zero-order valence-corrected chi connectivity index (χ0v) is 18.8. The highest BCUT2D eigenvalue weighted by atomic mass is 16.5. The number of fused-ring (bicyclic) bond motifs is 1. The minimum atomic E-state index is -0.689. The van der Waals surface area contributed by atoms with Gasteiger partial charge in [-0.3, -0.25) is 4.68 Å². The number of aromatic nitrogens is 3. The third-order valence-corrected chi connectivity index (χ3v) is 4.70. The Labute approximate surface area is 187 Å². The number of methoxy groups -OCH3 is 1. The molecule has 1 N–H and O–H groups in total. The van der Waals surface area contributed by atoms with Gasteiger partial charge in [0.2, 0.25) is 0 Å². The van der Waals surface area contributed by atoms with E-state index in [9.17, 15) is 9.90 Å². The van der Waals surface area contributed by atoms with Crippen LogP contribution in [0.15, 0.2) is 36.5 Å². The maximum atomic E-state index is 12.1. The van der Waals surface area contributed by atoms with Crippen molar-refractivity contribution in [3.63, 3.8) is 0 Å². The summed E-state index contributed by atoms with van der Waals surface area (Å²) >= 11 is 0. The molecular weight excluding hydrogens is 408 g/mol. The van der Waals surface area contributed by atoms with Crippen molar-refractivity contribution in [2.24, 2.45) is 0 Å². The van der Waals surface area contributed by atoms with Crippen molar-refractivity contribution in [3.05, 3.63) is 47.8 Å². The number of carbonyl (C=O) groups is 2. The summed E-state index contributed by atoms with van der Waals surface area (Å²) in [5.74, 6) is 5.42. The molecule has 0 radical (unpaired) electrons. The average Bonchev–Trinajstić information content (AvgIpc) is 3.24. The van der Waals surface area contributed by atoms with E-state index >= 15 is 0 Å². The van der Waals surface area contributed by atoms with E-state index in [-0.39, 0.29) is 5.69 Å². The zero-order chi connectivity index (χ0) is 23.7. The topological polar surface area (TPSA) is 97.5 Å². The molecule has 8 heteroatoms. The first-order chi connectivity index (χ1) is 15.4. The van der Waals surface area contributed by atoms with E-state index in [1.54, 1.807) is 12.3 Å². The first-order valence-electron chi connectivity index (χ1n) is 10.1. The van der Waals surface area contributed by atoms with Crippen LogP contribution in [0.25, 0.3) is 22.2 Å². The summed E-state index contributed by atoms with van der Waals surface area (Å²) in [7, 11) is 5.25. The third-order valence-electron chi connectivity index (χ3n) is 4.70. The summed E-state index contributed by atoms with van der Waals surface area (Å²) in [5.41, 5.74) is 3.27. The van der Waals surface area contributed by atoms with Crippen LogP contribution in [0.4, 0.5) is 0 Å². The van der Waals surface area contributed by atoms with Gasteiger partial charge in [0.15, 0.2) is 5.69 Å². The molecule has 1 aromatic carbocycles. The molecule has 1 atom stereocenters. The average molecular weight is 437 g/mol. The van der Waals surface area contributed by atoms with E-state index in [2.05, 4.69) is 21.9 Å². The van der Waals surface area contributed by atoms with Crippen molar-refractivity contribution in [1.82, 2.24) is 19.7 Å². The summed E-state index contributed by atoms with van der Waals surface area (Å²) in [4.78, 5) is 26.7. The van der Waals surface area contributed by atoms with Gasteiger partial charge >= 0.3 is 5.97 Å². The van der Waals surface area contributed by atoms with Crippen LogP contribution < -0.4 is 0 Å². The normalized spacial score (nSPS) is 11.3. The Hall–Kier alpha value is -3.54. The Morgan fingerprint density at radius 3 is 2.72 bits per heavy atom. The molecule has 2 aromatic heterocycles. The van der Waals surface area contributed by atoms with Gasteiger partial charge in [-0.2, -0.15) is 5.10 Å². The predicted molar refractivity (Wildman–Crippen MR) is 123 cm³/mol. The van der Waals surface area contributed by atoms with Crippen molar-refractivity contribution in [3.8, 4) is 23.1 Å². The van der Waals surface area contributed by atoms with Gasteiger partial charge in [0, 0.05) is 29.6 Å². The Kier molecular flexibility index (Phi) is 9.08. The lowest BCUT2D eigenvalue weighted by Crippen LogP contribution is -2.18. The lowest BCUT2D eigenvalue weighted by atomic mass is 10.0. The number of carbonyl (C=O) groups excluding carboxylic acids is 2. The van der Waals surface area contributed by atoms with Crippen LogP contribution in [0, 0.1) is 11.8 Å². The molecule has 8 nitrogen and oxygen atoms in total. The van der Waals surface area contributed by atoms with Crippen LogP contribution in [0.2, 0.25) is 0 Å². The molecule has 3 aromatic rings. The first kappa shape index (κ1) is 24.7. The van der Waals surface area contributed by atoms with E-state index in [1.165, 1.54) is 7.11 Å². The number of nitrogens with zero attached hydrogens (tertiary/aromatic N) is 4. The number of hydrogen-bond acceptors (Lipinski definition) is 7. The van der Waals surface area contributed by atoms with Crippen molar-refractivity contribution in [2.45, 2.75) is 26.0 Å². The van der Waals surface area contributed by atoms with Gasteiger partial charge in [-0.1, -0.05) is 24.0 Å². The highest BCUT2D eigenvalue weighted by Crippen LogP contribution is 2.28. The molecule has 0 amide bonds. The highest BCUT2D eigenvalue weighted by Gasteiger charge is 2.17. The second kappa shape index (κ2) is 11.7. The van der Waals surface area contributed by atoms with Gasteiger partial charge in [0.25, 0.3) is 0 Å². The molecule has 0 aliphatic carbocycles. The Morgan fingerprint density at radius 2 is 2.06 bits per heavy atom. The molecular formula is C24H28N4O4. The van der Waals surface area contributed by atoms with Crippen LogP contribution in [-0.4, -0.2) is 71.4 Å². The van der Waals surface area contributed by atoms with Crippen molar-refractivity contribution >= 4 is 23.7 Å². The number of hydrogen-bond donors (Lipinski definition) is 1. The second-order valence-corrected chi connectivity index (χ2v) is 7.20. The van der Waals surface area contributed by atoms with Gasteiger partial charge in [-0.05, 0) is 45.6 Å². The van der Waals surface area contributed by atoms with Crippen molar-refractivity contribution < 1.29 is 19.4 Å². The predicted octanol–water partition coefficient (Wildman–Crippen LogP) is 2.38. The van der Waals surface area contributed by atoms with Crippen LogP contribution in [-0.2, 0) is 16.1 Å². The Morgan fingerprint density at radius 1 is 1.31 bits per heavy atom. The fraction of sp³-hybridized carbons (Fsp3) is 0.333. The number of aliphatic hydroxyl groups is 1. The molecule has 1 unspecified atom stereocenters. The molecule has 0 fully saturated rings. The van der Waals surface area contributed by atoms with Crippen LogP contribution in [0.3, 0.4) is 0 Å². The molecule has 2 heterocycles. The SMILES string of the molecule is C=O.CCn1ncc2c(-c3cccc(C#CC(O)CCN(C)C)c3)nc(C(=O)OC)cc21. The van der Waals surface area contributed by atoms with Gasteiger partial charge in [-0.25, -0.2) is 9.78 Å². The standard InChI is InChI=1S/C23H26N4O3.CH2O/c1-5-27-21-14-20(23(29)30-4)25-22(19(21)15-24-27)17-8-6-7-16(13-17)9-10-18(28)11-12-26(2)3;1-2/h6-8,13-15,18,28H,5,11-12H2,1-4H3;1H2. The third kappa shape index (κ3) is 6.00. The van der Waals surface area contributed by atoms with E-state index in [0.29, 0.717) is 18.7 Å². The summed E-state index contributed by atoms with van der Waals surface area (Å²) in [6.07, 6.45) is 1.65. The fourth-order valence-corrected chi connectivity index (χ4v) is 3.12. The van der Waals surface area contributed by atoms with Crippen LogP contribution in [0.1, 0.15) is 29.4 Å². The molecule has 32 heavy (non-hydrogen) atoms. The molecule has 168 valence electrons. The number of aryl methyl sites for hydroxylation is 1. The molecule has 0 aliphatic rings. The van der Waals surface area contributed by atoms with E-state index in [4.69, 9.17) is 9.53 Å². The maximum absolute atomic E-state index is 12.1. The molecule has 0 saturated heterocycles. The lowest BCUT2D eigenvalue weighted by molar-refractivity contribution is -0.0980. The Bertz CT molecular complexity index is 1130. The number of aliphatic hydroxyl groups excluding tert-OH is 1. The largest absolute Gasteiger partial charge is 0.464 e. The van der Waals surface area contributed by atoms with E-state index in [1.807, 2.05) is 61.7 Å². The van der Waals surface area contributed by atoms with Gasteiger partial charge < -0.3 is 19.5 Å². The van der Waals surface area contributed by atoms with Crippen LogP contribution in [0.5, 0.6) is 0 Å². The van der Waals surface area contributed by atoms with Gasteiger partial charge in [-0.15, -0.1) is 0 Å². The maximum Gasteiger partial charge on any atom is 0.356 e. The minimum Gasteiger partial charge on any atom is -0.464 e. The number of esters is 1. The zero-order valence-electron chi connectivity index (χ0n) is 18.8. The summed E-state index contributed by atoms with van der Waals surface area (Å²) in [6, 6.07) is 9.28. The van der Waals surface area contributed by atoms with Gasteiger partial charge in [0.1, 0.15) is 12.9 Å². The van der Waals surface area contributed by atoms with Crippen molar-refractivity contribution in [2.75, 3.05) is 27.7 Å². The Balaban J connectivity index is 0.00000176. The van der Waals surface area contributed by atoms with Gasteiger partial charge in [0.05, 0.1) is 24.5 Å². The summed E-state index contributed by atoms with van der Waals surface area (Å²) in [5, 5.41) is 15.3. The highest BCUT2D eigenvalue weighted by molar-refractivity contribution is 5.98.